The average Bonchev–Trinajstić information content (AvgIpc) is 2.48. The van der Waals surface area contributed by atoms with Gasteiger partial charge in [-0.1, -0.05) is 39.3 Å². The third kappa shape index (κ3) is 5.33. The first-order chi connectivity index (χ1) is 10.0. The number of aliphatic hydroxyl groups excluding tert-OH is 1. The van der Waals surface area contributed by atoms with E-state index in [1.54, 1.807) is 0 Å². The fourth-order valence-corrected chi connectivity index (χ4v) is 2.68. The first-order valence-corrected chi connectivity index (χ1v) is 8.22. The SMILES string of the molecule is CCCC(N)C(O)CC(C)c1cc(CC)ccc1OCC. The van der Waals surface area contributed by atoms with E-state index in [0.29, 0.717) is 13.0 Å². The van der Waals surface area contributed by atoms with Gasteiger partial charge in [0, 0.05) is 6.04 Å². The molecule has 0 bridgehead atoms. The molecule has 3 atom stereocenters. The monoisotopic (exact) mass is 293 g/mol. The van der Waals surface area contributed by atoms with Crippen molar-refractivity contribution in [2.45, 2.75) is 71.4 Å². The predicted molar refractivity (Wildman–Crippen MR) is 88.9 cm³/mol. The summed E-state index contributed by atoms with van der Waals surface area (Å²) in [7, 11) is 0. The first kappa shape index (κ1) is 18.0. The van der Waals surface area contributed by atoms with E-state index in [9.17, 15) is 5.11 Å². The van der Waals surface area contributed by atoms with Gasteiger partial charge in [0.25, 0.3) is 0 Å². The molecular weight excluding hydrogens is 262 g/mol. The van der Waals surface area contributed by atoms with Crippen LogP contribution in [0.3, 0.4) is 0 Å². The van der Waals surface area contributed by atoms with Crippen LogP contribution in [0.1, 0.15) is 64.0 Å². The Morgan fingerprint density at radius 2 is 1.95 bits per heavy atom. The predicted octanol–water partition coefficient (Wildman–Crippen LogP) is 3.63. The quantitative estimate of drug-likeness (QED) is 0.731. The summed E-state index contributed by atoms with van der Waals surface area (Å²) in [5.41, 5.74) is 8.50. The molecule has 0 aliphatic heterocycles. The second kappa shape index (κ2) is 9.06. The molecule has 1 aromatic rings. The molecule has 0 heterocycles. The van der Waals surface area contributed by atoms with Crippen LogP contribution < -0.4 is 10.5 Å². The van der Waals surface area contributed by atoms with Gasteiger partial charge >= 0.3 is 0 Å². The Morgan fingerprint density at radius 3 is 2.52 bits per heavy atom. The molecule has 120 valence electrons. The van der Waals surface area contributed by atoms with Crippen molar-refractivity contribution in [2.24, 2.45) is 5.73 Å². The Hall–Kier alpha value is -1.06. The zero-order valence-corrected chi connectivity index (χ0v) is 13.9. The lowest BCUT2D eigenvalue weighted by atomic mass is 9.89. The highest BCUT2D eigenvalue weighted by atomic mass is 16.5. The van der Waals surface area contributed by atoms with E-state index < -0.39 is 6.10 Å². The lowest BCUT2D eigenvalue weighted by Crippen LogP contribution is -2.35. The molecule has 0 radical (unpaired) electrons. The zero-order chi connectivity index (χ0) is 15.8. The topological polar surface area (TPSA) is 55.5 Å². The van der Waals surface area contributed by atoms with E-state index in [4.69, 9.17) is 10.5 Å². The number of ether oxygens (including phenoxy) is 1. The van der Waals surface area contributed by atoms with Gasteiger partial charge in [-0.3, -0.25) is 0 Å². The maximum Gasteiger partial charge on any atom is 0.122 e. The lowest BCUT2D eigenvalue weighted by Gasteiger charge is -2.24. The molecule has 3 heteroatoms. The Kier molecular flexibility index (Phi) is 7.76. The number of benzene rings is 1. The van der Waals surface area contributed by atoms with Crippen molar-refractivity contribution in [3.05, 3.63) is 29.3 Å². The van der Waals surface area contributed by atoms with Gasteiger partial charge in [-0.15, -0.1) is 0 Å². The summed E-state index contributed by atoms with van der Waals surface area (Å²) in [6.45, 7) is 9.03. The van der Waals surface area contributed by atoms with Crippen molar-refractivity contribution in [2.75, 3.05) is 6.61 Å². The maximum atomic E-state index is 10.3. The van der Waals surface area contributed by atoms with Crippen molar-refractivity contribution >= 4 is 0 Å². The highest BCUT2D eigenvalue weighted by molar-refractivity contribution is 5.39. The van der Waals surface area contributed by atoms with Crippen molar-refractivity contribution in [1.82, 2.24) is 0 Å². The summed E-state index contributed by atoms with van der Waals surface area (Å²) in [5, 5.41) is 10.3. The van der Waals surface area contributed by atoms with E-state index in [1.165, 1.54) is 11.1 Å². The number of hydrogen-bond donors (Lipinski definition) is 2. The van der Waals surface area contributed by atoms with E-state index in [1.807, 2.05) is 13.0 Å². The van der Waals surface area contributed by atoms with Gasteiger partial charge in [0.1, 0.15) is 5.75 Å². The molecule has 0 fully saturated rings. The number of aliphatic hydroxyl groups is 1. The lowest BCUT2D eigenvalue weighted by molar-refractivity contribution is 0.123. The van der Waals surface area contributed by atoms with Crippen LogP contribution in [0.25, 0.3) is 0 Å². The fraction of sp³-hybridized carbons (Fsp3) is 0.667. The van der Waals surface area contributed by atoms with Crippen LogP contribution in [0.5, 0.6) is 5.75 Å². The molecule has 21 heavy (non-hydrogen) atoms. The largest absolute Gasteiger partial charge is 0.494 e. The normalized spacial score (nSPS) is 15.5. The van der Waals surface area contributed by atoms with E-state index in [2.05, 4.69) is 32.9 Å². The first-order valence-electron chi connectivity index (χ1n) is 8.22. The van der Waals surface area contributed by atoms with Crippen molar-refractivity contribution in [3.63, 3.8) is 0 Å². The molecule has 0 spiro atoms. The van der Waals surface area contributed by atoms with Gasteiger partial charge in [0.2, 0.25) is 0 Å². The molecule has 0 aliphatic carbocycles. The van der Waals surface area contributed by atoms with Crippen molar-refractivity contribution < 1.29 is 9.84 Å². The van der Waals surface area contributed by atoms with Gasteiger partial charge in [0.15, 0.2) is 0 Å². The van der Waals surface area contributed by atoms with Gasteiger partial charge in [0.05, 0.1) is 12.7 Å². The second-order valence-electron chi connectivity index (χ2n) is 5.82. The molecule has 1 aromatic carbocycles. The van der Waals surface area contributed by atoms with Gasteiger partial charge in [-0.05, 0) is 49.3 Å². The molecule has 3 N–H and O–H groups in total. The number of aryl methyl sites for hydroxylation is 1. The molecule has 0 saturated carbocycles. The van der Waals surface area contributed by atoms with Crippen LogP contribution in [0, 0.1) is 0 Å². The van der Waals surface area contributed by atoms with Crippen LogP contribution in [-0.2, 0) is 6.42 Å². The summed E-state index contributed by atoms with van der Waals surface area (Å²) in [6, 6.07) is 6.23. The van der Waals surface area contributed by atoms with Crippen LogP contribution >= 0.6 is 0 Å². The molecule has 0 saturated heterocycles. The number of rotatable bonds is 9. The number of nitrogens with two attached hydrogens (primary N) is 1. The standard InChI is InChI=1S/C18H31NO2/c1-5-8-16(19)17(20)11-13(4)15-12-14(6-2)9-10-18(15)21-7-3/h9-10,12-13,16-17,20H,5-8,11,19H2,1-4H3. The summed E-state index contributed by atoms with van der Waals surface area (Å²) in [4.78, 5) is 0. The average molecular weight is 293 g/mol. The van der Waals surface area contributed by atoms with Crippen LogP contribution in [0.2, 0.25) is 0 Å². The molecule has 3 nitrogen and oxygen atoms in total. The van der Waals surface area contributed by atoms with E-state index in [0.717, 1.165) is 25.0 Å². The highest BCUT2D eigenvalue weighted by Gasteiger charge is 2.20. The Bertz CT molecular complexity index is 420. The Morgan fingerprint density at radius 1 is 1.24 bits per heavy atom. The highest BCUT2D eigenvalue weighted by Crippen LogP contribution is 2.31. The summed E-state index contributed by atoms with van der Waals surface area (Å²) < 4.78 is 5.73. The summed E-state index contributed by atoms with van der Waals surface area (Å²) in [5.74, 6) is 1.16. The molecule has 1 rings (SSSR count). The van der Waals surface area contributed by atoms with Gasteiger partial charge in [-0.2, -0.15) is 0 Å². The fourth-order valence-electron chi connectivity index (χ4n) is 2.68. The zero-order valence-electron chi connectivity index (χ0n) is 13.9. The third-order valence-electron chi connectivity index (χ3n) is 4.02. The molecule has 0 aliphatic rings. The smallest absolute Gasteiger partial charge is 0.122 e. The minimum atomic E-state index is -0.459. The van der Waals surface area contributed by atoms with E-state index in [-0.39, 0.29) is 12.0 Å². The summed E-state index contributed by atoms with van der Waals surface area (Å²) >= 11 is 0. The van der Waals surface area contributed by atoms with Crippen molar-refractivity contribution in [1.29, 1.82) is 0 Å². The maximum absolute atomic E-state index is 10.3. The molecule has 3 unspecified atom stereocenters. The molecular formula is C18H31NO2. The Balaban J connectivity index is 2.86. The van der Waals surface area contributed by atoms with Crippen LogP contribution in [-0.4, -0.2) is 23.9 Å². The van der Waals surface area contributed by atoms with E-state index >= 15 is 0 Å². The van der Waals surface area contributed by atoms with Crippen molar-refractivity contribution in [3.8, 4) is 5.75 Å². The van der Waals surface area contributed by atoms with Crippen LogP contribution in [0.4, 0.5) is 0 Å². The molecule has 0 aromatic heterocycles. The van der Waals surface area contributed by atoms with Gasteiger partial charge in [-0.25, -0.2) is 0 Å². The molecule has 0 amide bonds. The van der Waals surface area contributed by atoms with Crippen LogP contribution in [0.15, 0.2) is 18.2 Å². The minimum Gasteiger partial charge on any atom is -0.494 e. The third-order valence-corrected chi connectivity index (χ3v) is 4.02. The Labute approximate surface area is 129 Å². The second-order valence-corrected chi connectivity index (χ2v) is 5.82. The number of hydrogen-bond acceptors (Lipinski definition) is 3. The summed E-state index contributed by atoms with van der Waals surface area (Å²) in [6.07, 6.45) is 3.08. The minimum absolute atomic E-state index is 0.137. The van der Waals surface area contributed by atoms with Gasteiger partial charge < -0.3 is 15.6 Å².